The number of hydrogen-bond acceptors (Lipinski definition) is 4. The minimum absolute atomic E-state index is 0.0132. The molecule has 116 valence electrons. The molecule has 2 rings (SSSR count). The van der Waals surface area contributed by atoms with Crippen molar-refractivity contribution in [2.45, 2.75) is 39.2 Å². The second-order valence-electron chi connectivity index (χ2n) is 5.94. The zero-order valence-corrected chi connectivity index (χ0v) is 12.9. The van der Waals surface area contributed by atoms with Crippen LogP contribution in [-0.4, -0.2) is 41.7 Å². The van der Waals surface area contributed by atoms with Gasteiger partial charge in [0.05, 0.1) is 5.56 Å². The predicted molar refractivity (Wildman–Crippen MR) is 83.5 cm³/mol. The second-order valence-corrected chi connectivity index (χ2v) is 5.94. The van der Waals surface area contributed by atoms with Gasteiger partial charge in [-0.25, -0.2) is 4.98 Å². The molecule has 1 aromatic heterocycles. The fraction of sp³-hybridized carbons (Fsp3) is 0.625. The van der Waals surface area contributed by atoms with Crippen molar-refractivity contribution in [1.82, 2.24) is 10.3 Å². The van der Waals surface area contributed by atoms with E-state index in [1.807, 2.05) is 26.0 Å². The van der Waals surface area contributed by atoms with Crippen LogP contribution in [0.15, 0.2) is 18.3 Å². The summed E-state index contributed by atoms with van der Waals surface area (Å²) in [6.45, 7) is 6.24. The van der Waals surface area contributed by atoms with Crippen molar-refractivity contribution in [3.8, 4) is 0 Å². The lowest BCUT2D eigenvalue weighted by molar-refractivity contribution is 0.0916. The van der Waals surface area contributed by atoms with E-state index in [-0.39, 0.29) is 24.5 Å². The molecule has 0 spiro atoms. The summed E-state index contributed by atoms with van der Waals surface area (Å²) in [4.78, 5) is 18.9. The number of pyridine rings is 1. The Kier molecular flexibility index (Phi) is 5.56. The van der Waals surface area contributed by atoms with Crippen LogP contribution in [0.25, 0.3) is 0 Å². The minimum atomic E-state index is -0.123. The quantitative estimate of drug-likeness (QED) is 0.839. The molecule has 0 saturated carbocycles. The van der Waals surface area contributed by atoms with Crippen molar-refractivity contribution in [2.24, 2.45) is 5.92 Å². The first-order valence-corrected chi connectivity index (χ1v) is 7.74. The molecule has 1 aromatic rings. The standard InChI is InChI=1S/C16H25N3O2/c1-12(2)14(7-10-20)18-16(21)13-5-6-15(17-11-13)19-8-3-4-9-19/h5-6,11-12,14,20H,3-4,7-10H2,1-2H3,(H,18,21). The maximum Gasteiger partial charge on any atom is 0.253 e. The Balaban J connectivity index is 1.98. The van der Waals surface area contributed by atoms with E-state index in [2.05, 4.69) is 15.2 Å². The number of aliphatic hydroxyl groups is 1. The molecule has 1 aliphatic heterocycles. The summed E-state index contributed by atoms with van der Waals surface area (Å²) in [6, 6.07) is 3.73. The first-order chi connectivity index (χ1) is 10.1. The number of amides is 1. The van der Waals surface area contributed by atoms with E-state index in [0.29, 0.717) is 12.0 Å². The Morgan fingerprint density at radius 2 is 2.10 bits per heavy atom. The molecule has 2 heterocycles. The summed E-state index contributed by atoms with van der Waals surface area (Å²) in [7, 11) is 0. The maximum absolute atomic E-state index is 12.2. The third-order valence-corrected chi connectivity index (χ3v) is 4.00. The van der Waals surface area contributed by atoms with Crippen molar-refractivity contribution in [3.63, 3.8) is 0 Å². The molecule has 0 radical (unpaired) electrons. The molecule has 21 heavy (non-hydrogen) atoms. The molecule has 1 saturated heterocycles. The molecule has 0 bridgehead atoms. The Labute approximate surface area is 126 Å². The van der Waals surface area contributed by atoms with Gasteiger partial charge in [-0.15, -0.1) is 0 Å². The molecular weight excluding hydrogens is 266 g/mol. The van der Waals surface area contributed by atoms with E-state index in [0.717, 1.165) is 18.9 Å². The van der Waals surface area contributed by atoms with Crippen molar-refractivity contribution < 1.29 is 9.90 Å². The average molecular weight is 291 g/mol. The van der Waals surface area contributed by atoms with Crippen molar-refractivity contribution in [3.05, 3.63) is 23.9 Å². The summed E-state index contributed by atoms with van der Waals surface area (Å²) in [5.41, 5.74) is 0.571. The lowest BCUT2D eigenvalue weighted by Gasteiger charge is -2.21. The van der Waals surface area contributed by atoms with E-state index < -0.39 is 0 Å². The van der Waals surface area contributed by atoms with E-state index in [4.69, 9.17) is 5.11 Å². The smallest absolute Gasteiger partial charge is 0.253 e. The largest absolute Gasteiger partial charge is 0.396 e. The van der Waals surface area contributed by atoms with Gasteiger partial charge < -0.3 is 15.3 Å². The molecule has 1 atom stereocenters. The van der Waals surface area contributed by atoms with Crippen molar-refractivity contribution in [2.75, 3.05) is 24.6 Å². The molecule has 1 unspecified atom stereocenters. The number of rotatable bonds is 6. The SMILES string of the molecule is CC(C)C(CCO)NC(=O)c1ccc(N2CCCC2)nc1. The number of carbonyl (C=O) groups is 1. The molecule has 1 aliphatic rings. The predicted octanol–water partition coefficient (Wildman–Crippen LogP) is 1.82. The topological polar surface area (TPSA) is 65.5 Å². The molecule has 5 heteroatoms. The third kappa shape index (κ3) is 4.17. The van der Waals surface area contributed by atoms with Crippen LogP contribution in [-0.2, 0) is 0 Å². The summed E-state index contributed by atoms with van der Waals surface area (Å²) in [5, 5.41) is 12.0. The van der Waals surface area contributed by atoms with Crippen LogP contribution in [0.4, 0.5) is 5.82 Å². The van der Waals surface area contributed by atoms with Gasteiger partial charge in [-0.3, -0.25) is 4.79 Å². The van der Waals surface area contributed by atoms with Gasteiger partial charge in [0, 0.05) is 31.9 Å². The molecule has 0 aliphatic carbocycles. The summed E-state index contributed by atoms with van der Waals surface area (Å²) < 4.78 is 0. The van der Waals surface area contributed by atoms with Gasteiger partial charge in [0.25, 0.3) is 5.91 Å². The van der Waals surface area contributed by atoms with Gasteiger partial charge in [-0.2, -0.15) is 0 Å². The zero-order chi connectivity index (χ0) is 15.2. The summed E-state index contributed by atoms with van der Waals surface area (Å²) >= 11 is 0. The number of aromatic nitrogens is 1. The highest BCUT2D eigenvalue weighted by Crippen LogP contribution is 2.17. The number of anilines is 1. The fourth-order valence-electron chi connectivity index (χ4n) is 2.62. The molecule has 1 fully saturated rings. The minimum Gasteiger partial charge on any atom is -0.396 e. The summed E-state index contributed by atoms with van der Waals surface area (Å²) in [5.74, 6) is 1.11. The van der Waals surface area contributed by atoms with E-state index in [1.54, 1.807) is 6.20 Å². The van der Waals surface area contributed by atoms with Crippen LogP contribution >= 0.6 is 0 Å². The number of hydrogen-bond donors (Lipinski definition) is 2. The zero-order valence-electron chi connectivity index (χ0n) is 12.9. The van der Waals surface area contributed by atoms with Gasteiger partial charge >= 0.3 is 0 Å². The molecule has 5 nitrogen and oxygen atoms in total. The highest BCUT2D eigenvalue weighted by Gasteiger charge is 2.18. The van der Waals surface area contributed by atoms with Crippen LogP contribution in [0.3, 0.4) is 0 Å². The van der Waals surface area contributed by atoms with Gasteiger partial charge in [-0.05, 0) is 37.3 Å². The molecule has 0 aromatic carbocycles. The number of nitrogens with zero attached hydrogens (tertiary/aromatic N) is 2. The second kappa shape index (κ2) is 7.41. The summed E-state index contributed by atoms with van der Waals surface area (Å²) in [6.07, 6.45) is 4.63. The number of carbonyl (C=O) groups excluding carboxylic acids is 1. The first-order valence-electron chi connectivity index (χ1n) is 7.74. The Bertz CT molecular complexity index is 453. The van der Waals surface area contributed by atoms with E-state index >= 15 is 0 Å². The average Bonchev–Trinajstić information content (AvgIpc) is 3.01. The monoisotopic (exact) mass is 291 g/mol. The van der Waals surface area contributed by atoms with E-state index in [9.17, 15) is 4.79 Å². The van der Waals surface area contributed by atoms with Crippen LogP contribution in [0, 0.1) is 5.92 Å². The van der Waals surface area contributed by atoms with Gasteiger partial charge in [-0.1, -0.05) is 13.8 Å². The molecule has 2 N–H and O–H groups in total. The van der Waals surface area contributed by atoms with Crippen LogP contribution in [0.2, 0.25) is 0 Å². The van der Waals surface area contributed by atoms with Gasteiger partial charge in [0.15, 0.2) is 0 Å². The normalized spacial score (nSPS) is 16.3. The lowest BCUT2D eigenvalue weighted by atomic mass is 10.0. The Hall–Kier alpha value is -1.62. The maximum atomic E-state index is 12.2. The lowest BCUT2D eigenvalue weighted by Crippen LogP contribution is -2.39. The van der Waals surface area contributed by atoms with Crippen LogP contribution in [0.1, 0.15) is 43.5 Å². The third-order valence-electron chi connectivity index (χ3n) is 4.00. The van der Waals surface area contributed by atoms with Crippen LogP contribution in [0.5, 0.6) is 0 Å². The number of aliphatic hydroxyl groups excluding tert-OH is 1. The van der Waals surface area contributed by atoms with E-state index in [1.165, 1.54) is 12.8 Å². The number of nitrogens with one attached hydrogen (secondary N) is 1. The first kappa shape index (κ1) is 15.8. The Morgan fingerprint density at radius 3 is 2.62 bits per heavy atom. The highest BCUT2D eigenvalue weighted by atomic mass is 16.3. The highest BCUT2D eigenvalue weighted by molar-refractivity contribution is 5.94. The van der Waals surface area contributed by atoms with Crippen molar-refractivity contribution in [1.29, 1.82) is 0 Å². The molecule has 1 amide bonds. The van der Waals surface area contributed by atoms with Crippen LogP contribution < -0.4 is 10.2 Å². The fourth-order valence-corrected chi connectivity index (χ4v) is 2.62. The van der Waals surface area contributed by atoms with Gasteiger partial charge in [0.1, 0.15) is 5.82 Å². The molecular formula is C16H25N3O2. The van der Waals surface area contributed by atoms with Crippen molar-refractivity contribution >= 4 is 11.7 Å². The van der Waals surface area contributed by atoms with Gasteiger partial charge in [0.2, 0.25) is 0 Å². The Morgan fingerprint density at radius 1 is 1.38 bits per heavy atom.